The van der Waals surface area contributed by atoms with Crippen molar-refractivity contribution in [3.63, 3.8) is 0 Å². The van der Waals surface area contributed by atoms with Crippen molar-refractivity contribution in [2.24, 2.45) is 10.9 Å². The van der Waals surface area contributed by atoms with Crippen LogP contribution in [0.3, 0.4) is 0 Å². The van der Waals surface area contributed by atoms with E-state index in [1.165, 1.54) is 32.5 Å². The van der Waals surface area contributed by atoms with E-state index >= 15 is 0 Å². The normalized spacial score (nSPS) is 16.6. The van der Waals surface area contributed by atoms with E-state index in [4.69, 9.17) is 10.9 Å². The fourth-order valence-corrected chi connectivity index (χ4v) is 2.63. The van der Waals surface area contributed by atoms with Gasteiger partial charge in [-0.25, -0.2) is 0 Å². The standard InChI is InChI=1S/C15H24N4O/c1-18(8-5-11-19-9-2-3-10-19)14-7-4-6-13(12-14)15(16)17-20/h4,6-7,12,20H,2-3,5,8-11H2,1H3,(H2,16,17). The second kappa shape index (κ2) is 7.14. The van der Waals surface area contributed by atoms with Crippen LogP contribution in [0.15, 0.2) is 29.4 Å². The van der Waals surface area contributed by atoms with E-state index in [1.54, 1.807) is 0 Å². The lowest BCUT2D eigenvalue weighted by molar-refractivity contribution is 0.318. The van der Waals surface area contributed by atoms with Crippen LogP contribution in [0, 0.1) is 0 Å². The van der Waals surface area contributed by atoms with Crippen LogP contribution >= 0.6 is 0 Å². The lowest BCUT2D eigenvalue weighted by Crippen LogP contribution is -2.26. The number of anilines is 1. The van der Waals surface area contributed by atoms with E-state index in [2.05, 4.69) is 22.0 Å². The summed E-state index contributed by atoms with van der Waals surface area (Å²) in [6.07, 6.45) is 3.85. The van der Waals surface area contributed by atoms with Crippen LogP contribution in [-0.2, 0) is 0 Å². The highest BCUT2D eigenvalue weighted by Crippen LogP contribution is 2.15. The predicted molar refractivity (Wildman–Crippen MR) is 82.5 cm³/mol. The molecule has 2 rings (SSSR count). The Kier molecular flexibility index (Phi) is 5.24. The Hall–Kier alpha value is -1.75. The number of hydrogen-bond donors (Lipinski definition) is 2. The molecule has 0 radical (unpaired) electrons. The Morgan fingerprint density at radius 3 is 2.85 bits per heavy atom. The molecule has 5 heteroatoms. The minimum Gasteiger partial charge on any atom is -0.409 e. The van der Waals surface area contributed by atoms with Gasteiger partial charge in [0.15, 0.2) is 5.84 Å². The quantitative estimate of drug-likeness (QED) is 0.359. The van der Waals surface area contributed by atoms with Crippen LogP contribution in [0.4, 0.5) is 5.69 Å². The number of rotatable bonds is 6. The summed E-state index contributed by atoms with van der Waals surface area (Å²) in [4.78, 5) is 4.74. The molecule has 0 aromatic heterocycles. The van der Waals surface area contributed by atoms with Gasteiger partial charge in [-0.2, -0.15) is 0 Å². The number of oxime groups is 1. The topological polar surface area (TPSA) is 65.1 Å². The molecule has 1 aliphatic rings. The molecule has 0 bridgehead atoms. The summed E-state index contributed by atoms with van der Waals surface area (Å²) in [6.45, 7) is 4.69. The monoisotopic (exact) mass is 276 g/mol. The summed E-state index contributed by atoms with van der Waals surface area (Å²) < 4.78 is 0. The zero-order valence-corrected chi connectivity index (χ0v) is 12.1. The van der Waals surface area contributed by atoms with Crippen molar-refractivity contribution in [1.82, 2.24) is 4.90 Å². The van der Waals surface area contributed by atoms with Gasteiger partial charge in [0.1, 0.15) is 0 Å². The van der Waals surface area contributed by atoms with E-state index < -0.39 is 0 Å². The van der Waals surface area contributed by atoms with Gasteiger partial charge in [0.05, 0.1) is 0 Å². The van der Waals surface area contributed by atoms with Crippen LogP contribution in [0.5, 0.6) is 0 Å². The number of hydrogen-bond acceptors (Lipinski definition) is 4. The van der Waals surface area contributed by atoms with Crippen LogP contribution < -0.4 is 10.6 Å². The molecule has 1 heterocycles. The summed E-state index contributed by atoms with van der Waals surface area (Å²) >= 11 is 0. The van der Waals surface area contributed by atoms with Crippen molar-refractivity contribution in [3.8, 4) is 0 Å². The maximum atomic E-state index is 8.72. The van der Waals surface area contributed by atoms with Crippen molar-refractivity contribution in [3.05, 3.63) is 29.8 Å². The van der Waals surface area contributed by atoms with Crippen LogP contribution in [0.2, 0.25) is 0 Å². The number of nitrogens with two attached hydrogens (primary N) is 1. The van der Waals surface area contributed by atoms with Crippen molar-refractivity contribution >= 4 is 11.5 Å². The average Bonchev–Trinajstić information content (AvgIpc) is 2.99. The van der Waals surface area contributed by atoms with Gasteiger partial charge >= 0.3 is 0 Å². The van der Waals surface area contributed by atoms with Crippen molar-refractivity contribution in [2.45, 2.75) is 19.3 Å². The summed E-state index contributed by atoms with van der Waals surface area (Å²) in [5.74, 6) is 0.150. The van der Waals surface area contributed by atoms with Crippen molar-refractivity contribution in [1.29, 1.82) is 0 Å². The van der Waals surface area contributed by atoms with Gasteiger partial charge < -0.3 is 20.7 Å². The minimum absolute atomic E-state index is 0.150. The summed E-state index contributed by atoms with van der Waals surface area (Å²) in [7, 11) is 2.08. The number of nitrogens with zero attached hydrogens (tertiary/aromatic N) is 3. The number of amidine groups is 1. The lowest BCUT2D eigenvalue weighted by Gasteiger charge is -2.22. The summed E-state index contributed by atoms with van der Waals surface area (Å²) in [5, 5.41) is 11.8. The lowest BCUT2D eigenvalue weighted by atomic mass is 10.1. The van der Waals surface area contributed by atoms with Crippen LogP contribution in [-0.4, -0.2) is 49.2 Å². The van der Waals surface area contributed by atoms with Gasteiger partial charge in [-0.1, -0.05) is 17.3 Å². The fourth-order valence-electron chi connectivity index (χ4n) is 2.63. The third-order valence-corrected chi connectivity index (χ3v) is 3.86. The van der Waals surface area contributed by atoms with Gasteiger partial charge in [0, 0.05) is 24.8 Å². The van der Waals surface area contributed by atoms with Gasteiger partial charge in [0.2, 0.25) is 0 Å². The minimum atomic E-state index is 0.150. The molecule has 1 aliphatic heterocycles. The highest BCUT2D eigenvalue weighted by atomic mass is 16.4. The van der Waals surface area contributed by atoms with Crippen LogP contribution in [0.25, 0.3) is 0 Å². The summed E-state index contributed by atoms with van der Waals surface area (Å²) in [6, 6.07) is 7.77. The largest absolute Gasteiger partial charge is 0.409 e. The first-order valence-electron chi connectivity index (χ1n) is 7.22. The molecule has 0 amide bonds. The summed E-state index contributed by atoms with van der Waals surface area (Å²) in [5.41, 5.74) is 7.46. The molecule has 1 fully saturated rings. The maximum Gasteiger partial charge on any atom is 0.170 e. The van der Waals surface area contributed by atoms with E-state index in [-0.39, 0.29) is 5.84 Å². The van der Waals surface area contributed by atoms with E-state index in [0.717, 1.165) is 24.2 Å². The molecule has 5 nitrogen and oxygen atoms in total. The molecule has 1 aromatic rings. The Morgan fingerprint density at radius 1 is 1.40 bits per heavy atom. The highest BCUT2D eigenvalue weighted by Gasteiger charge is 2.11. The highest BCUT2D eigenvalue weighted by molar-refractivity contribution is 5.97. The molecular weight excluding hydrogens is 252 g/mol. The molecule has 0 spiro atoms. The Bertz CT molecular complexity index is 455. The first-order valence-corrected chi connectivity index (χ1v) is 7.22. The van der Waals surface area contributed by atoms with Crippen LogP contribution in [0.1, 0.15) is 24.8 Å². The zero-order valence-electron chi connectivity index (χ0n) is 12.1. The Balaban J connectivity index is 1.86. The van der Waals surface area contributed by atoms with E-state index in [9.17, 15) is 0 Å². The van der Waals surface area contributed by atoms with E-state index in [0.29, 0.717) is 0 Å². The number of likely N-dealkylation sites (tertiary alicyclic amines) is 1. The molecule has 1 saturated heterocycles. The molecule has 0 saturated carbocycles. The van der Waals surface area contributed by atoms with Gasteiger partial charge in [-0.3, -0.25) is 0 Å². The first kappa shape index (κ1) is 14.7. The Labute approximate surface area is 120 Å². The molecule has 110 valence electrons. The van der Waals surface area contributed by atoms with Gasteiger partial charge in [-0.15, -0.1) is 0 Å². The van der Waals surface area contributed by atoms with Crippen molar-refractivity contribution in [2.75, 3.05) is 38.1 Å². The molecule has 0 unspecified atom stereocenters. The molecule has 3 N–H and O–H groups in total. The predicted octanol–water partition coefficient (Wildman–Crippen LogP) is 1.70. The molecule has 0 aliphatic carbocycles. The third-order valence-electron chi connectivity index (χ3n) is 3.86. The molecule has 0 atom stereocenters. The molecule has 1 aromatic carbocycles. The number of benzene rings is 1. The van der Waals surface area contributed by atoms with E-state index in [1.807, 2.05) is 24.3 Å². The fraction of sp³-hybridized carbons (Fsp3) is 0.533. The molecule has 20 heavy (non-hydrogen) atoms. The second-order valence-corrected chi connectivity index (χ2v) is 5.36. The average molecular weight is 276 g/mol. The van der Waals surface area contributed by atoms with Crippen molar-refractivity contribution < 1.29 is 5.21 Å². The second-order valence-electron chi connectivity index (χ2n) is 5.36. The van der Waals surface area contributed by atoms with Gasteiger partial charge in [0.25, 0.3) is 0 Å². The SMILES string of the molecule is CN(CCCN1CCCC1)c1cccc(C(N)=NO)c1. The zero-order chi connectivity index (χ0) is 14.4. The third kappa shape index (κ3) is 3.87. The maximum absolute atomic E-state index is 8.72. The Morgan fingerprint density at radius 2 is 2.15 bits per heavy atom. The smallest absolute Gasteiger partial charge is 0.170 e. The molecular formula is C15H24N4O. The van der Waals surface area contributed by atoms with Gasteiger partial charge in [-0.05, 0) is 51.0 Å². The first-order chi connectivity index (χ1) is 9.70.